The zero-order chi connectivity index (χ0) is 13.5. The highest BCUT2D eigenvalue weighted by molar-refractivity contribution is 6.30. The standard InChI is InChI=1S/C14H16ClNO3/c15-10-1-3-11(4-2-10)19-12-7-14(8-12)5-6-16(9-14)13(17)18/h1-4,12H,5-9H2,(H,17,18). The maximum atomic E-state index is 10.9. The van der Waals surface area contributed by atoms with Gasteiger partial charge in [-0.1, -0.05) is 11.6 Å². The molecule has 2 fully saturated rings. The SMILES string of the molecule is O=C(O)N1CCC2(CC(Oc3ccc(Cl)cc3)C2)C1. The zero-order valence-electron chi connectivity index (χ0n) is 10.5. The number of amides is 1. The highest BCUT2D eigenvalue weighted by Crippen LogP contribution is 2.49. The van der Waals surface area contributed by atoms with Crippen LogP contribution in [0.1, 0.15) is 19.3 Å². The zero-order valence-corrected chi connectivity index (χ0v) is 11.3. The van der Waals surface area contributed by atoms with Gasteiger partial charge in [-0.15, -0.1) is 0 Å². The van der Waals surface area contributed by atoms with Crippen LogP contribution in [-0.4, -0.2) is 35.3 Å². The Bertz CT molecular complexity index is 482. The first-order chi connectivity index (χ1) is 9.06. The molecule has 0 radical (unpaired) electrons. The first kappa shape index (κ1) is 12.6. The largest absolute Gasteiger partial charge is 0.490 e. The van der Waals surface area contributed by atoms with Crippen molar-refractivity contribution in [2.45, 2.75) is 25.4 Å². The Hall–Kier alpha value is -1.42. The Balaban J connectivity index is 1.53. The molecule has 1 N–H and O–H groups in total. The number of carboxylic acid groups (broad SMARTS) is 1. The number of hydrogen-bond donors (Lipinski definition) is 1. The van der Waals surface area contributed by atoms with Crippen LogP contribution in [0.15, 0.2) is 24.3 Å². The molecule has 1 aliphatic carbocycles. The van der Waals surface area contributed by atoms with Crippen molar-refractivity contribution in [1.82, 2.24) is 4.90 Å². The maximum Gasteiger partial charge on any atom is 0.407 e. The van der Waals surface area contributed by atoms with E-state index in [1.165, 1.54) is 4.90 Å². The van der Waals surface area contributed by atoms with Gasteiger partial charge in [-0.25, -0.2) is 4.79 Å². The van der Waals surface area contributed by atoms with Crippen LogP contribution in [0.2, 0.25) is 5.02 Å². The predicted octanol–water partition coefficient (Wildman–Crippen LogP) is 3.25. The van der Waals surface area contributed by atoms with E-state index in [0.717, 1.165) is 25.0 Å². The number of nitrogens with zero attached hydrogens (tertiary/aromatic N) is 1. The lowest BCUT2D eigenvalue weighted by atomic mass is 9.66. The summed E-state index contributed by atoms with van der Waals surface area (Å²) in [5.41, 5.74) is 0.162. The van der Waals surface area contributed by atoms with Crippen molar-refractivity contribution in [3.05, 3.63) is 29.3 Å². The van der Waals surface area contributed by atoms with E-state index in [2.05, 4.69) is 0 Å². The smallest absolute Gasteiger partial charge is 0.407 e. The maximum absolute atomic E-state index is 10.9. The molecule has 0 unspecified atom stereocenters. The van der Waals surface area contributed by atoms with Gasteiger partial charge >= 0.3 is 6.09 Å². The van der Waals surface area contributed by atoms with E-state index in [1.54, 1.807) is 0 Å². The molecule has 19 heavy (non-hydrogen) atoms. The average Bonchev–Trinajstić information content (AvgIpc) is 2.77. The molecule has 1 amide bonds. The normalized spacial score (nSPS) is 29.3. The Labute approximate surface area is 116 Å². The summed E-state index contributed by atoms with van der Waals surface area (Å²) in [4.78, 5) is 12.4. The molecular formula is C14H16ClNO3. The van der Waals surface area contributed by atoms with Gasteiger partial charge in [0.25, 0.3) is 0 Å². The van der Waals surface area contributed by atoms with Gasteiger partial charge in [0, 0.05) is 18.1 Å². The molecule has 2 aliphatic rings. The van der Waals surface area contributed by atoms with E-state index >= 15 is 0 Å². The third kappa shape index (κ3) is 2.50. The van der Waals surface area contributed by atoms with E-state index in [1.807, 2.05) is 24.3 Å². The molecule has 4 nitrogen and oxygen atoms in total. The molecule has 0 atom stereocenters. The number of rotatable bonds is 2. The molecule has 5 heteroatoms. The van der Waals surface area contributed by atoms with Crippen LogP contribution < -0.4 is 4.74 Å². The third-order valence-electron chi connectivity index (χ3n) is 4.15. The second kappa shape index (κ2) is 4.60. The number of halogens is 1. The fourth-order valence-electron chi connectivity index (χ4n) is 3.13. The van der Waals surface area contributed by atoms with Gasteiger partial charge in [0.2, 0.25) is 0 Å². The molecule has 1 spiro atoms. The second-order valence-corrected chi connectivity index (χ2v) is 5.99. The molecule has 1 aromatic rings. The Morgan fingerprint density at radius 1 is 1.37 bits per heavy atom. The number of likely N-dealkylation sites (tertiary alicyclic amines) is 1. The minimum Gasteiger partial charge on any atom is -0.490 e. The Kier molecular flexibility index (Phi) is 3.05. The highest BCUT2D eigenvalue weighted by atomic mass is 35.5. The summed E-state index contributed by atoms with van der Waals surface area (Å²) in [6.07, 6.45) is 2.24. The van der Waals surface area contributed by atoms with Gasteiger partial charge in [-0.2, -0.15) is 0 Å². The summed E-state index contributed by atoms with van der Waals surface area (Å²) in [5, 5.41) is 9.67. The number of benzene rings is 1. The Morgan fingerprint density at radius 2 is 2.05 bits per heavy atom. The van der Waals surface area contributed by atoms with Crippen molar-refractivity contribution >= 4 is 17.7 Å². The first-order valence-electron chi connectivity index (χ1n) is 6.46. The van der Waals surface area contributed by atoms with Crippen molar-refractivity contribution in [2.24, 2.45) is 5.41 Å². The fraction of sp³-hybridized carbons (Fsp3) is 0.500. The van der Waals surface area contributed by atoms with Crippen molar-refractivity contribution in [2.75, 3.05) is 13.1 Å². The quantitative estimate of drug-likeness (QED) is 0.905. The van der Waals surface area contributed by atoms with Crippen molar-refractivity contribution in [1.29, 1.82) is 0 Å². The molecule has 1 heterocycles. The predicted molar refractivity (Wildman–Crippen MR) is 71.7 cm³/mol. The van der Waals surface area contributed by atoms with E-state index in [-0.39, 0.29) is 11.5 Å². The molecule has 102 valence electrons. The lowest BCUT2D eigenvalue weighted by Gasteiger charge is -2.44. The number of ether oxygens (including phenoxy) is 1. The van der Waals surface area contributed by atoms with Gasteiger partial charge in [-0.05, 0) is 48.9 Å². The minimum atomic E-state index is -0.807. The van der Waals surface area contributed by atoms with Crippen LogP contribution >= 0.6 is 11.6 Å². The Morgan fingerprint density at radius 3 is 2.63 bits per heavy atom. The van der Waals surface area contributed by atoms with Crippen molar-refractivity contribution in [3.8, 4) is 5.75 Å². The molecule has 1 saturated heterocycles. The summed E-state index contributed by atoms with van der Waals surface area (Å²) in [6.45, 7) is 1.31. The fourth-order valence-corrected chi connectivity index (χ4v) is 3.25. The highest BCUT2D eigenvalue weighted by Gasteiger charge is 2.50. The van der Waals surface area contributed by atoms with Crippen LogP contribution in [0.25, 0.3) is 0 Å². The third-order valence-corrected chi connectivity index (χ3v) is 4.40. The first-order valence-corrected chi connectivity index (χ1v) is 6.84. The molecule has 3 rings (SSSR count). The van der Waals surface area contributed by atoms with E-state index in [4.69, 9.17) is 21.4 Å². The van der Waals surface area contributed by atoms with Gasteiger partial charge in [0.1, 0.15) is 5.75 Å². The van der Waals surface area contributed by atoms with Crippen LogP contribution in [0, 0.1) is 5.41 Å². The minimum absolute atomic E-state index is 0.162. The van der Waals surface area contributed by atoms with Gasteiger partial charge in [0.15, 0.2) is 0 Å². The molecule has 1 aliphatic heterocycles. The lowest BCUT2D eigenvalue weighted by Crippen LogP contribution is -2.46. The van der Waals surface area contributed by atoms with E-state index in [0.29, 0.717) is 18.1 Å². The van der Waals surface area contributed by atoms with E-state index in [9.17, 15) is 4.79 Å². The summed E-state index contributed by atoms with van der Waals surface area (Å²) >= 11 is 5.82. The summed E-state index contributed by atoms with van der Waals surface area (Å²) in [5.74, 6) is 0.831. The van der Waals surface area contributed by atoms with Gasteiger partial charge < -0.3 is 14.7 Å². The van der Waals surface area contributed by atoms with Crippen LogP contribution in [0.5, 0.6) is 5.75 Å². The van der Waals surface area contributed by atoms with Crippen molar-refractivity contribution in [3.63, 3.8) is 0 Å². The van der Waals surface area contributed by atoms with Crippen molar-refractivity contribution < 1.29 is 14.6 Å². The average molecular weight is 282 g/mol. The monoisotopic (exact) mass is 281 g/mol. The molecule has 0 aromatic heterocycles. The van der Waals surface area contributed by atoms with Crippen LogP contribution in [0.3, 0.4) is 0 Å². The number of carbonyl (C=O) groups is 1. The van der Waals surface area contributed by atoms with Crippen LogP contribution in [0.4, 0.5) is 4.79 Å². The van der Waals surface area contributed by atoms with Gasteiger partial charge in [-0.3, -0.25) is 0 Å². The lowest BCUT2D eigenvalue weighted by molar-refractivity contribution is -0.00729. The molecule has 1 saturated carbocycles. The molecule has 0 bridgehead atoms. The van der Waals surface area contributed by atoms with Crippen LogP contribution in [-0.2, 0) is 0 Å². The molecular weight excluding hydrogens is 266 g/mol. The summed E-state index contributed by atoms with van der Waals surface area (Å²) in [7, 11) is 0. The second-order valence-electron chi connectivity index (χ2n) is 5.56. The topological polar surface area (TPSA) is 49.8 Å². The summed E-state index contributed by atoms with van der Waals surface area (Å²) < 4.78 is 5.86. The van der Waals surface area contributed by atoms with E-state index < -0.39 is 6.09 Å². The molecule has 1 aromatic carbocycles. The number of hydrogen-bond acceptors (Lipinski definition) is 2. The summed E-state index contributed by atoms with van der Waals surface area (Å²) in [6, 6.07) is 7.36. The van der Waals surface area contributed by atoms with Gasteiger partial charge in [0.05, 0.1) is 6.10 Å².